The molecule has 0 saturated heterocycles. The van der Waals surface area contributed by atoms with Crippen molar-refractivity contribution in [2.24, 2.45) is 0 Å². The lowest BCUT2D eigenvalue weighted by molar-refractivity contribution is 0.492. The average Bonchev–Trinajstić information content (AvgIpc) is 2.85. The Morgan fingerprint density at radius 2 is 2.00 bits per heavy atom. The van der Waals surface area contributed by atoms with Gasteiger partial charge in [-0.2, -0.15) is 0 Å². The van der Waals surface area contributed by atoms with Crippen molar-refractivity contribution in [2.75, 3.05) is 13.1 Å². The van der Waals surface area contributed by atoms with Gasteiger partial charge < -0.3 is 9.73 Å². The summed E-state index contributed by atoms with van der Waals surface area (Å²) >= 11 is 0. The molecule has 0 bridgehead atoms. The van der Waals surface area contributed by atoms with Gasteiger partial charge in [0.2, 0.25) is 11.8 Å². The SMILES string of the molecule is CCNCCCc1nnc(-c2ccccc2)o1. The highest BCUT2D eigenvalue weighted by atomic mass is 16.4. The van der Waals surface area contributed by atoms with Crippen LogP contribution in [0, 0.1) is 0 Å². The largest absolute Gasteiger partial charge is 0.421 e. The Bertz CT molecular complexity index is 439. The van der Waals surface area contributed by atoms with Crippen molar-refractivity contribution in [3.63, 3.8) is 0 Å². The van der Waals surface area contributed by atoms with Crippen LogP contribution in [0.5, 0.6) is 0 Å². The molecule has 2 rings (SSSR count). The highest BCUT2D eigenvalue weighted by Gasteiger charge is 2.07. The van der Waals surface area contributed by atoms with Crippen molar-refractivity contribution < 1.29 is 4.42 Å². The summed E-state index contributed by atoms with van der Waals surface area (Å²) in [5.74, 6) is 1.31. The maximum absolute atomic E-state index is 5.60. The topological polar surface area (TPSA) is 51.0 Å². The van der Waals surface area contributed by atoms with E-state index in [1.807, 2.05) is 30.3 Å². The van der Waals surface area contributed by atoms with E-state index in [0.717, 1.165) is 31.5 Å². The number of hydrogen-bond acceptors (Lipinski definition) is 4. The van der Waals surface area contributed by atoms with Crippen molar-refractivity contribution in [3.8, 4) is 11.5 Å². The predicted molar refractivity (Wildman–Crippen MR) is 66.6 cm³/mol. The second kappa shape index (κ2) is 6.15. The first-order valence-electron chi connectivity index (χ1n) is 5.98. The van der Waals surface area contributed by atoms with Gasteiger partial charge in [0.05, 0.1) is 0 Å². The van der Waals surface area contributed by atoms with Crippen LogP contribution in [0.2, 0.25) is 0 Å². The molecule has 4 nitrogen and oxygen atoms in total. The summed E-state index contributed by atoms with van der Waals surface area (Å²) in [6.07, 6.45) is 1.84. The molecule has 1 heterocycles. The van der Waals surface area contributed by atoms with Gasteiger partial charge in [-0.25, -0.2) is 0 Å². The van der Waals surface area contributed by atoms with Crippen molar-refractivity contribution in [3.05, 3.63) is 36.2 Å². The van der Waals surface area contributed by atoms with Crippen LogP contribution in [0.15, 0.2) is 34.7 Å². The molecule has 0 spiro atoms. The normalized spacial score (nSPS) is 10.6. The minimum atomic E-state index is 0.601. The number of aromatic nitrogens is 2. The van der Waals surface area contributed by atoms with Crippen LogP contribution in [0.1, 0.15) is 19.2 Å². The van der Waals surface area contributed by atoms with E-state index in [0.29, 0.717) is 11.8 Å². The fourth-order valence-electron chi connectivity index (χ4n) is 1.59. The van der Waals surface area contributed by atoms with Crippen LogP contribution in [0.25, 0.3) is 11.5 Å². The van der Waals surface area contributed by atoms with E-state index in [4.69, 9.17) is 4.42 Å². The molecule has 0 aliphatic heterocycles. The number of nitrogens with one attached hydrogen (secondary N) is 1. The number of nitrogens with zero attached hydrogens (tertiary/aromatic N) is 2. The van der Waals surface area contributed by atoms with Gasteiger partial charge >= 0.3 is 0 Å². The van der Waals surface area contributed by atoms with E-state index in [1.165, 1.54) is 0 Å². The van der Waals surface area contributed by atoms with Crippen LogP contribution < -0.4 is 5.32 Å². The molecule has 1 aromatic carbocycles. The van der Waals surface area contributed by atoms with E-state index < -0.39 is 0 Å². The van der Waals surface area contributed by atoms with Crippen molar-refractivity contribution in [1.29, 1.82) is 0 Å². The van der Waals surface area contributed by atoms with Gasteiger partial charge in [0.1, 0.15) is 0 Å². The Balaban J connectivity index is 1.92. The Morgan fingerprint density at radius 3 is 2.76 bits per heavy atom. The molecule has 0 radical (unpaired) electrons. The molecule has 4 heteroatoms. The van der Waals surface area contributed by atoms with E-state index in [1.54, 1.807) is 0 Å². The average molecular weight is 231 g/mol. The fraction of sp³-hybridized carbons (Fsp3) is 0.385. The summed E-state index contributed by atoms with van der Waals surface area (Å²) in [7, 11) is 0. The highest BCUT2D eigenvalue weighted by molar-refractivity contribution is 5.51. The first-order chi connectivity index (χ1) is 8.40. The number of hydrogen-bond donors (Lipinski definition) is 1. The third kappa shape index (κ3) is 3.39. The standard InChI is InChI=1S/C13H17N3O/c1-2-14-10-6-9-12-15-16-13(17-12)11-7-4-3-5-8-11/h3-5,7-8,14H,2,6,9-10H2,1H3. The molecular weight excluding hydrogens is 214 g/mol. The third-order valence-corrected chi connectivity index (χ3v) is 2.48. The molecule has 0 unspecified atom stereocenters. The lowest BCUT2D eigenvalue weighted by atomic mass is 10.2. The number of rotatable bonds is 6. The molecule has 0 aliphatic rings. The molecule has 17 heavy (non-hydrogen) atoms. The van der Waals surface area contributed by atoms with E-state index in [2.05, 4.69) is 22.4 Å². The zero-order valence-corrected chi connectivity index (χ0v) is 10.0. The fourth-order valence-corrected chi connectivity index (χ4v) is 1.59. The molecule has 90 valence electrons. The second-order valence-electron chi connectivity index (χ2n) is 3.82. The van der Waals surface area contributed by atoms with E-state index in [-0.39, 0.29) is 0 Å². The van der Waals surface area contributed by atoms with Crippen LogP contribution in [0.4, 0.5) is 0 Å². The van der Waals surface area contributed by atoms with Gasteiger partial charge in [0.15, 0.2) is 0 Å². The summed E-state index contributed by atoms with van der Waals surface area (Å²) in [4.78, 5) is 0. The van der Waals surface area contributed by atoms with Crippen molar-refractivity contribution in [2.45, 2.75) is 19.8 Å². The van der Waals surface area contributed by atoms with Crippen molar-refractivity contribution >= 4 is 0 Å². The van der Waals surface area contributed by atoms with E-state index in [9.17, 15) is 0 Å². The van der Waals surface area contributed by atoms with Gasteiger partial charge in [-0.1, -0.05) is 25.1 Å². The monoisotopic (exact) mass is 231 g/mol. The predicted octanol–water partition coefficient (Wildman–Crippen LogP) is 2.28. The summed E-state index contributed by atoms with van der Waals surface area (Å²) in [6.45, 7) is 4.08. The van der Waals surface area contributed by atoms with Gasteiger partial charge in [0.25, 0.3) is 0 Å². The minimum absolute atomic E-state index is 0.601. The summed E-state index contributed by atoms with van der Waals surface area (Å²) in [5, 5.41) is 11.4. The summed E-state index contributed by atoms with van der Waals surface area (Å²) in [5.41, 5.74) is 0.970. The van der Waals surface area contributed by atoms with Crippen molar-refractivity contribution in [1.82, 2.24) is 15.5 Å². The van der Waals surface area contributed by atoms with Crippen LogP contribution in [0.3, 0.4) is 0 Å². The second-order valence-corrected chi connectivity index (χ2v) is 3.82. The lowest BCUT2D eigenvalue weighted by Crippen LogP contribution is -2.14. The molecule has 2 aromatic rings. The molecule has 0 fully saturated rings. The molecule has 0 aliphatic carbocycles. The Morgan fingerprint density at radius 1 is 1.18 bits per heavy atom. The van der Waals surface area contributed by atoms with Crippen LogP contribution in [-0.2, 0) is 6.42 Å². The highest BCUT2D eigenvalue weighted by Crippen LogP contribution is 2.17. The Hall–Kier alpha value is -1.68. The lowest BCUT2D eigenvalue weighted by Gasteiger charge is -1.97. The summed E-state index contributed by atoms with van der Waals surface area (Å²) < 4.78 is 5.60. The van der Waals surface area contributed by atoms with Crippen LogP contribution >= 0.6 is 0 Å². The van der Waals surface area contributed by atoms with E-state index >= 15 is 0 Å². The first-order valence-corrected chi connectivity index (χ1v) is 5.98. The number of aryl methyl sites for hydroxylation is 1. The molecule has 0 atom stereocenters. The maximum atomic E-state index is 5.60. The third-order valence-electron chi connectivity index (χ3n) is 2.48. The Kier molecular flexibility index (Phi) is 4.27. The van der Waals surface area contributed by atoms with Gasteiger partial charge in [-0.05, 0) is 31.6 Å². The van der Waals surface area contributed by atoms with Gasteiger partial charge in [0, 0.05) is 12.0 Å². The molecule has 0 saturated carbocycles. The molecular formula is C13H17N3O. The number of benzene rings is 1. The summed E-state index contributed by atoms with van der Waals surface area (Å²) in [6, 6.07) is 9.83. The quantitative estimate of drug-likeness (QED) is 0.775. The smallest absolute Gasteiger partial charge is 0.247 e. The zero-order valence-electron chi connectivity index (χ0n) is 10.0. The molecule has 1 aromatic heterocycles. The minimum Gasteiger partial charge on any atom is -0.421 e. The first kappa shape index (κ1) is 11.8. The maximum Gasteiger partial charge on any atom is 0.247 e. The zero-order chi connectivity index (χ0) is 11.9. The van der Waals surface area contributed by atoms with Crippen LogP contribution in [-0.4, -0.2) is 23.3 Å². The Labute approximate surface area is 101 Å². The van der Waals surface area contributed by atoms with Gasteiger partial charge in [-0.3, -0.25) is 0 Å². The molecule has 1 N–H and O–H groups in total. The van der Waals surface area contributed by atoms with Gasteiger partial charge in [-0.15, -0.1) is 10.2 Å². The molecule has 0 amide bonds.